The minimum absolute atomic E-state index is 0.152. The van der Waals surface area contributed by atoms with Gasteiger partial charge in [-0.15, -0.1) is 45.3 Å². The number of aryl methyl sites for hydroxylation is 6. The molecule has 4 heterocycles. The van der Waals surface area contributed by atoms with E-state index in [1.54, 1.807) is 39.3 Å². The molecule has 0 saturated heterocycles. The maximum Gasteiger partial charge on any atom is 0.247 e. The Bertz CT molecular complexity index is 8710. The average Bonchev–Trinajstić information content (AvgIpc) is 1.59. The normalized spacial score (nSPS) is 11.4. The molecule has 0 unspecified atom stereocenters. The molecular formula is C123H97ClO5S4. The van der Waals surface area contributed by atoms with Crippen LogP contribution < -0.4 is 9.47 Å². The Hall–Kier alpha value is -14.3. The zero-order chi connectivity index (χ0) is 91.7. The molecule has 0 amide bonds. The lowest BCUT2D eigenvalue weighted by Gasteiger charge is -2.13. The van der Waals surface area contributed by atoms with Gasteiger partial charge in [0.25, 0.3) is 0 Å². The molecule has 0 aliphatic rings. The topological polar surface area (TPSA) is 76.0 Å². The Balaban J connectivity index is 0.000000109. The fourth-order valence-electron chi connectivity index (χ4n) is 19.0. The fraction of sp³-hybridized carbons (Fsp3) is 0.0976. The number of aromatic hydroxyl groups is 2. The fourth-order valence-corrected chi connectivity index (χ4v) is 24.1. The summed E-state index contributed by atoms with van der Waals surface area (Å²) in [6.07, 6.45) is 9.72. The van der Waals surface area contributed by atoms with Crippen LogP contribution in [0, 0.1) is 34.6 Å². The number of hydrogen-bond acceptors (Lipinski definition) is 9. The summed E-state index contributed by atoms with van der Waals surface area (Å²) in [7, 11) is 3.50. The summed E-state index contributed by atoms with van der Waals surface area (Å²) in [6, 6.07) is 121. The summed E-state index contributed by atoms with van der Waals surface area (Å²) in [4.78, 5) is 9.81. The van der Waals surface area contributed by atoms with Gasteiger partial charge in [0.05, 0.1) is 14.2 Å². The number of phenolic OH excluding ortho intramolecular Hbond substituents is 2. The largest absolute Gasteiger partial charge is 0.508 e. The Morgan fingerprint density at radius 1 is 0.323 bits per heavy atom. The number of fused-ring (bicyclic) bond motifs is 28. The van der Waals surface area contributed by atoms with E-state index in [1.165, 1.54) is 223 Å². The van der Waals surface area contributed by atoms with E-state index in [4.69, 9.17) is 21.1 Å². The second kappa shape index (κ2) is 38.3. The zero-order valence-electron chi connectivity index (χ0n) is 75.4. The Labute approximate surface area is 794 Å². The predicted molar refractivity (Wildman–Crippen MR) is 583 cm³/mol. The number of rotatable bonds is 12. The summed E-state index contributed by atoms with van der Waals surface area (Å²) in [5.74, 6) is 2.20. The molecule has 0 saturated carbocycles. The van der Waals surface area contributed by atoms with Crippen molar-refractivity contribution in [3.05, 3.63) is 425 Å². The molecule has 0 radical (unpaired) electrons. The van der Waals surface area contributed by atoms with Crippen LogP contribution in [0.4, 0.5) is 0 Å². The molecule has 0 aliphatic carbocycles. The Kier molecular flexibility index (Phi) is 25.3. The number of allylic oxidation sites excluding steroid dienone is 1. The van der Waals surface area contributed by atoms with Crippen LogP contribution in [-0.4, -0.2) is 29.7 Å². The van der Waals surface area contributed by atoms with Gasteiger partial charge in [-0.2, -0.15) is 0 Å². The molecule has 10 heteroatoms. The van der Waals surface area contributed by atoms with E-state index in [0.29, 0.717) is 17.6 Å². The van der Waals surface area contributed by atoms with Crippen molar-refractivity contribution in [1.82, 2.24) is 0 Å². The maximum absolute atomic E-state index is 10.2. The van der Waals surface area contributed by atoms with Crippen LogP contribution in [0.2, 0.25) is 0 Å². The molecule has 2 N–H and O–H groups in total. The first-order valence-corrected chi connectivity index (χ1v) is 48.5. The minimum Gasteiger partial charge on any atom is -0.508 e. The maximum atomic E-state index is 10.2. The Morgan fingerprint density at radius 3 is 1.00 bits per heavy atom. The van der Waals surface area contributed by atoms with Crippen LogP contribution >= 0.6 is 56.9 Å². The van der Waals surface area contributed by atoms with Crippen molar-refractivity contribution >= 4 is 247 Å². The number of benzene rings is 20. The van der Waals surface area contributed by atoms with Crippen LogP contribution in [0.25, 0.3) is 185 Å². The van der Waals surface area contributed by atoms with E-state index in [-0.39, 0.29) is 11.5 Å². The highest BCUT2D eigenvalue weighted by atomic mass is 35.5. The van der Waals surface area contributed by atoms with Gasteiger partial charge in [-0.3, -0.25) is 4.79 Å². The summed E-state index contributed by atoms with van der Waals surface area (Å²) >= 11 is 12.4. The van der Waals surface area contributed by atoms with Crippen LogP contribution in [0.3, 0.4) is 0 Å². The van der Waals surface area contributed by atoms with Crippen LogP contribution in [0.1, 0.15) is 73.7 Å². The number of methoxy groups -OCH3 is 2. The van der Waals surface area contributed by atoms with Gasteiger partial charge in [0.2, 0.25) is 5.24 Å². The monoisotopic (exact) mass is 1820 g/mol. The number of carbonyl (C=O) groups excluding carboxylic acids is 1. The first-order chi connectivity index (χ1) is 64.9. The van der Waals surface area contributed by atoms with E-state index >= 15 is 0 Å². The van der Waals surface area contributed by atoms with Gasteiger partial charge in [-0.1, -0.05) is 298 Å². The molecular weight excluding hydrogens is 1720 g/mol. The van der Waals surface area contributed by atoms with E-state index in [1.807, 2.05) is 63.6 Å². The molecule has 4 aromatic heterocycles. The SMILES string of the molecule is C=C(C)C(=O)Cl.C=Cc1cc2ccccc2c2c1sc1ccc3ccccc3c12.COc1cccc(C)c1/C=C/c1cc2ccccc2c2c1sc1ccc3ccccc3c12.COc1cccc(C)c1CCc1cc2ccccc2c2c1sc1ccc3ccccc3c12.Cc1cccc(C)c1C.Oc1cccc(O)c1CCc1cc2ccccc2c2c1sc1ccc3ccccc3c12. The molecule has 5 nitrogen and oxygen atoms in total. The van der Waals surface area contributed by atoms with Gasteiger partial charge >= 0.3 is 0 Å². The van der Waals surface area contributed by atoms with Gasteiger partial charge in [-0.25, -0.2) is 0 Å². The van der Waals surface area contributed by atoms with E-state index < -0.39 is 5.24 Å². The van der Waals surface area contributed by atoms with Crippen molar-refractivity contribution in [1.29, 1.82) is 0 Å². The number of thiophene rings is 4. The van der Waals surface area contributed by atoms with Crippen molar-refractivity contribution in [2.75, 3.05) is 14.2 Å². The van der Waals surface area contributed by atoms with E-state index in [9.17, 15) is 15.0 Å². The van der Waals surface area contributed by atoms with Crippen molar-refractivity contribution < 1.29 is 24.5 Å². The van der Waals surface area contributed by atoms with Crippen molar-refractivity contribution in [3.63, 3.8) is 0 Å². The smallest absolute Gasteiger partial charge is 0.247 e. The minimum atomic E-state index is -0.463. The van der Waals surface area contributed by atoms with Crippen molar-refractivity contribution in [2.24, 2.45) is 0 Å². The van der Waals surface area contributed by atoms with Gasteiger partial charge < -0.3 is 19.7 Å². The average molecular weight is 1820 g/mol. The predicted octanol–water partition coefficient (Wildman–Crippen LogP) is 35.8. The molecule has 0 bridgehead atoms. The lowest BCUT2D eigenvalue weighted by Crippen LogP contribution is -1.98. The first kappa shape index (κ1) is 88.0. The number of hydrogen-bond donors (Lipinski definition) is 2. The second-order valence-electron chi connectivity index (χ2n) is 34.1. The second-order valence-corrected chi connectivity index (χ2v) is 38.6. The molecule has 24 aromatic rings. The number of ether oxygens (including phenoxy) is 2. The van der Waals surface area contributed by atoms with E-state index in [2.05, 4.69) is 369 Å². The first-order valence-electron chi connectivity index (χ1n) is 44.9. The molecule has 24 rings (SSSR count). The quantitative estimate of drug-likeness (QED) is 0.0724. The summed E-state index contributed by atoms with van der Waals surface area (Å²) in [5.41, 5.74) is 15.3. The molecule has 0 spiro atoms. The standard InChI is InChI=1S/C30H24OS.C30H22OS.C28H20O2S.C22H14S.C9H12.C4H5ClO/c2*1-19-8-7-13-26(31-2)23(19)16-14-22-18-21-10-4-6-12-25(21)29-28-24-11-5-3-9-20(24)15-17-27(28)32-30(22)29;29-23-10-5-11-24(30)22(23)14-12-19-16-18-7-2-4-9-21(18)27-26-20-8-3-1-6-17(20)13-15-25(26)31-28(19)27;1-2-14-13-16-8-4-6-10-18(16)21-20-17-9-5-3-7-15(17)11-12-19(20)23-22(14)21;1-7-5-4-6-8(2)9(7)3;1-3(2)4(5)6/h3-13,15,17-18H,14,16H2,1-2H3;3-18H,1-2H3;1-11,13,15-16,29-30H,12,14H2;2-13H,1H2;4-6H,1-3H3;1H2,2H3/b;16-14+;;;;. The van der Waals surface area contributed by atoms with Crippen molar-refractivity contribution in [3.8, 4) is 23.0 Å². The molecule has 650 valence electrons. The molecule has 133 heavy (non-hydrogen) atoms. The van der Waals surface area contributed by atoms with Gasteiger partial charge in [0, 0.05) is 97.4 Å². The third-order valence-corrected chi connectivity index (χ3v) is 31.2. The summed E-state index contributed by atoms with van der Waals surface area (Å²) in [5, 5.41) is 51.7. The number of carbonyl (C=O) groups is 1. The van der Waals surface area contributed by atoms with Crippen LogP contribution in [-0.2, 0) is 30.5 Å². The lowest BCUT2D eigenvalue weighted by atomic mass is 9.94. The lowest BCUT2D eigenvalue weighted by molar-refractivity contribution is -0.108. The van der Waals surface area contributed by atoms with Crippen LogP contribution in [0.15, 0.2) is 358 Å². The van der Waals surface area contributed by atoms with Crippen molar-refractivity contribution in [2.45, 2.75) is 67.2 Å². The van der Waals surface area contributed by atoms with Crippen LogP contribution in [0.5, 0.6) is 23.0 Å². The summed E-state index contributed by atoms with van der Waals surface area (Å²) < 4.78 is 22.0. The highest BCUT2D eigenvalue weighted by Gasteiger charge is 2.22. The van der Waals surface area contributed by atoms with Gasteiger partial charge in [-0.05, 0) is 293 Å². The van der Waals surface area contributed by atoms with Gasteiger partial charge in [0.15, 0.2) is 0 Å². The number of phenols is 2. The summed E-state index contributed by atoms with van der Waals surface area (Å²) in [6.45, 7) is 19.6. The molecule has 20 aromatic carbocycles. The third kappa shape index (κ3) is 17.2. The molecule has 0 aliphatic heterocycles. The zero-order valence-corrected chi connectivity index (χ0v) is 79.5. The molecule has 0 atom stereocenters. The number of halogens is 1. The highest BCUT2D eigenvalue weighted by Crippen LogP contribution is 2.50. The highest BCUT2D eigenvalue weighted by molar-refractivity contribution is 7.28. The Morgan fingerprint density at radius 2 is 0.624 bits per heavy atom. The van der Waals surface area contributed by atoms with E-state index in [0.717, 1.165) is 36.3 Å². The van der Waals surface area contributed by atoms with Gasteiger partial charge in [0.1, 0.15) is 23.0 Å². The molecule has 0 fully saturated rings. The third-order valence-electron chi connectivity index (χ3n) is 26.0.